The van der Waals surface area contributed by atoms with Crippen LogP contribution in [0.25, 0.3) is 5.69 Å². The van der Waals surface area contributed by atoms with E-state index < -0.39 is 0 Å². The Balaban J connectivity index is 1.77. The molecule has 0 fully saturated rings. The second-order valence-corrected chi connectivity index (χ2v) is 8.02. The summed E-state index contributed by atoms with van der Waals surface area (Å²) in [6.07, 6.45) is 0.672. The lowest BCUT2D eigenvalue weighted by Gasteiger charge is -2.11. The predicted molar refractivity (Wildman–Crippen MR) is 114 cm³/mol. The number of methoxy groups -OCH3 is 1. The minimum atomic E-state index is -0.305. The minimum absolute atomic E-state index is 0.0779. The second-order valence-electron chi connectivity index (χ2n) is 7.07. The fraction of sp³-hybridized carbons (Fsp3) is 0.381. The van der Waals surface area contributed by atoms with Gasteiger partial charge in [-0.25, -0.2) is 14.3 Å². The van der Waals surface area contributed by atoms with Crippen molar-refractivity contribution in [1.29, 1.82) is 0 Å². The first kappa shape index (κ1) is 22.0. The van der Waals surface area contributed by atoms with Gasteiger partial charge in [0.1, 0.15) is 5.82 Å². The van der Waals surface area contributed by atoms with Crippen LogP contribution in [-0.4, -0.2) is 44.6 Å². The smallest absolute Gasteiger partial charge is 0.343 e. The molecule has 0 amide bonds. The number of halogens is 1. The number of benzene rings is 1. The molecule has 0 saturated carbocycles. The molecule has 1 aromatic carbocycles. The molecule has 2 aromatic heterocycles. The van der Waals surface area contributed by atoms with Gasteiger partial charge >= 0.3 is 5.69 Å². The molecule has 0 radical (unpaired) electrons. The van der Waals surface area contributed by atoms with Crippen molar-refractivity contribution in [2.45, 2.75) is 38.9 Å². The summed E-state index contributed by atoms with van der Waals surface area (Å²) in [7, 11) is 1.61. The van der Waals surface area contributed by atoms with E-state index in [9.17, 15) is 14.0 Å². The number of aromatic nitrogens is 4. The zero-order valence-corrected chi connectivity index (χ0v) is 18.3. The fourth-order valence-electron chi connectivity index (χ4n) is 3.35. The van der Waals surface area contributed by atoms with E-state index in [0.29, 0.717) is 41.5 Å². The van der Waals surface area contributed by atoms with E-state index >= 15 is 0 Å². The second kappa shape index (κ2) is 9.44. The first-order chi connectivity index (χ1) is 14.3. The molecule has 0 bridgehead atoms. The molecule has 0 spiro atoms. The minimum Gasteiger partial charge on any atom is -0.385 e. The molecule has 9 heteroatoms. The van der Waals surface area contributed by atoms with Crippen molar-refractivity contribution in [2.75, 3.05) is 19.5 Å². The molecule has 0 unspecified atom stereocenters. The van der Waals surface area contributed by atoms with Gasteiger partial charge in [0.15, 0.2) is 10.9 Å². The predicted octanol–water partition coefficient (Wildman–Crippen LogP) is 3.44. The normalized spacial score (nSPS) is 11.2. The number of aromatic amines is 1. The van der Waals surface area contributed by atoms with Crippen LogP contribution in [0.1, 0.15) is 33.7 Å². The van der Waals surface area contributed by atoms with Crippen LogP contribution >= 0.6 is 11.8 Å². The van der Waals surface area contributed by atoms with Gasteiger partial charge in [-0.05, 0) is 51.0 Å². The first-order valence-electron chi connectivity index (χ1n) is 9.59. The number of thioether (sulfide) groups is 1. The summed E-state index contributed by atoms with van der Waals surface area (Å²) in [6.45, 7) is 6.44. The van der Waals surface area contributed by atoms with Crippen LogP contribution in [0.15, 0.2) is 34.2 Å². The number of carbonyl (C=O) groups excluding carboxylic acids is 1. The van der Waals surface area contributed by atoms with Crippen molar-refractivity contribution >= 4 is 17.5 Å². The lowest BCUT2D eigenvalue weighted by Crippen LogP contribution is -2.18. The van der Waals surface area contributed by atoms with E-state index in [-0.39, 0.29) is 23.0 Å². The van der Waals surface area contributed by atoms with Gasteiger partial charge < -0.3 is 9.30 Å². The Morgan fingerprint density at radius 3 is 2.73 bits per heavy atom. The van der Waals surface area contributed by atoms with Crippen LogP contribution < -0.4 is 5.69 Å². The fourth-order valence-corrected chi connectivity index (χ4v) is 4.20. The van der Waals surface area contributed by atoms with Crippen molar-refractivity contribution in [1.82, 2.24) is 19.3 Å². The van der Waals surface area contributed by atoms with Crippen molar-refractivity contribution in [3.05, 3.63) is 63.1 Å². The van der Waals surface area contributed by atoms with Crippen molar-refractivity contribution in [2.24, 2.45) is 0 Å². The van der Waals surface area contributed by atoms with E-state index in [1.54, 1.807) is 20.1 Å². The molecule has 2 heterocycles. The van der Waals surface area contributed by atoms with Crippen molar-refractivity contribution in [3.8, 4) is 5.69 Å². The lowest BCUT2D eigenvalue weighted by atomic mass is 10.2. The summed E-state index contributed by atoms with van der Waals surface area (Å²) >= 11 is 1.21. The van der Waals surface area contributed by atoms with Crippen LogP contribution in [0, 0.1) is 26.6 Å². The van der Waals surface area contributed by atoms with Gasteiger partial charge in [-0.3, -0.25) is 9.36 Å². The maximum Gasteiger partial charge on any atom is 0.343 e. The largest absolute Gasteiger partial charge is 0.385 e. The van der Waals surface area contributed by atoms with Crippen molar-refractivity contribution < 1.29 is 13.9 Å². The Morgan fingerprint density at radius 1 is 1.27 bits per heavy atom. The van der Waals surface area contributed by atoms with Gasteiger partial charge in [-0.1, -0.05) is 17.8 Å². The Hall–Kier alpha value is -2.65. The highest BCUT2D eigenvalue weighted by molar-refractivity contribution is 7.99. The maximum atomic E-state index is 14.0. The van der Waals surface area contributed by atoms with Gasteiger partial charge in [0.05, 0.1) is 5.75 Å². The highest BCUT2D eigenvalue weighted by Gasteiger charge is 2.19. The summed E-state index contributed by atoms with van der Waals surface area (Å²) in [5.74, 6) is -0.222. The standard InChI is InChI=1S/C21H25FN4O3S/c1-13-6-7-16(11-18(13)22)26-14(2)10-17(15(26)3)19(27)12-30-21-24-23-20(28)25(21)8-5-9-29-4/h6-7,10-11H,5,8-9,12H2,1-4H3,(H,23,28). The third-order valence-electron chi connectivity index (χ3n) is 4.93. The molecule has 160 valence electrons. The summed E-state index contributed by atoms with van der Waals surface area (Å²) in [6, 6.07) is 6.85. The van der Waals surface area contributed by atoms with Crippen LogP contribution in [-0.2, 0) is 11.3 Å². The molecule has 7 nitrogen and oxygen atoms in total. The summed E-state index contributed by atoms with van der Waals surface area (Å²) < 4.78 is 22.4. The van der Waals surface area contributed by atoms with Crippen LogP contribution in [0.2, 0.25) is 0 Å². The average Bonchev–Trinajstić information content (AvgIpc) is 3.21. The molecule has 0 aliphatic rings. The maximum absolute atomic E-state index is 14.0. The number of carbonyl (C=O) groups is 1. The number of ketones is 1. The van der Waals surface area contributed by atoms with E-state index in [1.165, 1.54) is 22.4 Å². The first-order valence-corrected chi connectivity index (χ1v) is 10.6. The highest BCUT2D eigenvalue weighted by Crippen LogP contribution is 2.24. The van der Waals surface area contributed by atoms with Gasteiger partial charge in [0, 0.05) is 42.9 Å². The lowest BCUT2D eigenvalue weighted by molar-refractivity contribution is 0.102. The Bertz CT molecular complexity index is 1120. The Kier molecular flexibility index (Phi) is 6.94. The van der Waals surface area contributed by atoms with Gasteiger partial charge in [0.25, 0.3) is 0 Å². The topological polar surface area (TPSA) is 81.9 Å². The number of aryl methyl sites for hydroxylation is 2. The van der Waals surface area contributed by atoms with E-state index in [0.717, 1.165) is 11.4 Å². The zero-order chi connectivity index (χ0) is 21.8. The molecular formula is C21H25FN4O3S. The van der Waals surface area contributed by atoms with Gasteiger partial charge in [-0.15, -0.1) is 5.10 Å². The molecule has 0 atom stereocenters. The van der Waals surface area contributed by atoms with Gasteiger partial charge in [-0.2, -0.15) is 0 Å². The van der Waals surface area contributed by atoms with E-state index in [1.807, 2.05) is 30.5 Å². The number of ether oxygens (including phenoxy) is 1. The van der Waals surface area contributed by atoms with Gasteiger partial charge in [0.2, 0.25) is 0 Å². The Morgan fingerprint density at radius 2 is 2.03 bits per heavy atom. The molecule has 3 rings (SSSR count). The summed E-state index contributed by atoms with van der Waals surface area (Å²) in [4.78, 5) is 24.8. The van der Waals surface area contributed by atoms with Crippen LogP contribution in [0.5, 0.6) is 0 Å². The van der Waals surface area contributed by atoms with Crippen LogP contribution in [0.3, 0.4) is 0 Å². The molecule has 0 aliphatic carbocycles. The number of nitrogens with one attached hydrogen (secondary N) is 1. The van der Waals surface area contributed by atoms with E-state index in [4.69, 9.17) is 4.74 Å². The molecule has 0 saturated heterocycles. The summed E-state index contributed by atoms with van der Waals surface area (Å²) in [5.41, 5.74) is 3.12. The van der Waals surface area contributed by atoms with Crippen LogP contribution in [0.4, 0.5) is 4.39 Å². The molecule has 1 N–H and O–H groups in total. The highest BCUT2D eigenvalue weighted by atomic mass is 32.2. The quantitative estimate of drug-likeness (QED) is 0.318. The number of hydrogen-bond donors (Lipinski definition) is 1. The monoisotopic (exact) mass is 432 g/mol. The molecule has 30 heavy (non-hydrogen) atoms. The average molecular weight is 433 g/mol. The number of hydrogen-bond acceptors (Lipinski definition) is 5. The number of rotatable bonds is 9. The molecule has 3 aromatic rings. The number of nitrogens with zero attached hydrogens (tertiary/aromatic N) is 3. The summed E-state index contributed by atoms with van der Waals surface area (Å²) in [5, 5.41) is 6.92. The SMILES string of the molecule is COCCCn1c(SCC(=O)c2cc(C)n(-c3ccc(C)c(F)c3)c2C)n[nH]c1=O. The number of H-pyrrole nitrogens is 1. The zero-order valence-electron chi connectivity index (χ0n) is 17.5. The van der Waals surface area contributed by atoms with E-state index in [2.05, 4.69) is 10.2 Å². The molecular weight excluding hydrogens is 407 g/mol. The van der Waals surface area contributed by atoms with Crippen molar-refractivity contribution in [3.63, 3.8) is 0 Å². The number of Topliss-reactive ketones (excluding diaryl/α,β-unsaturated/α-hetero) is 1. The molecule has 0 aliphatic heterocycles. The third-order valence-corrected chi connectivity index (χ3v) is 5.91. The third kappa shape index (κ3) is 4.57. The Labute approximate surface area is 178 Å².